The Kier molecular flexibility index (Phi) is 3.35. The van der Waals surface area contributed by atoms with Crippen LogP contribution >= 0.6 is 0 Å². The van der Waals surface area contributed by atoms with Crippen molar-refractivity contribution >= 4 is 10.0 Å². The van der Waals surface area contributed by atoms with E-state index in [1.165, 1.54) is 11.6 Å². The van der Waals surface area contributed by atoms with E-state index in [4.69, 9.17) is 5.26 Å². The van der Waals surface area contributed by atoms with Crippen LogP contribution in [-0.4, -0.2) is 24.2 Å². The predicted molar refractivity (Wildman–Crippen MR) is 58.1 cm³/mol. The van der Waals surface area contributed by atoms with Crippen LogP contribution in [-0.2, 0) is 17.1 Å². The van der Waals surface area contributed by atoms with Gasteiger partial charge in [-0.05, 0) is 20.8 Å². The van der Waals surface area contributed by atoms with Gasteiger partial charge in [0.1, 0.15) is 10.9 Å². The van der Waals surface area contributed by atoms with Gasteiger partial charge in [0, 0.05) is 7.05 Å². The third-order valence-corrected chi connectivity index (χ3v) is 4.03. The first kappa shape index (κ1) is 12.7. The van der Waals surface area contributed by atoms with Gasteiger partial charge in [-0.3, -0.25) is 4.68 Å². The van der Waals surface area contributed by atoms with Crippen molar-refractivity contribution in [1.29, 1.82) is 5.26 Å². The number of sulfonamides is 1. The van der Waals surface area contributed by atoms with E-state index >= 15 is 0 Å². The zero-order valence-corrected chi connectivity index (χ0v) is 10.5. The van der Waals surface area contributed by atoms with Crippen molar-refractivity contribution in [2.75, 3.05) is 0 Å². The van der Waals surface area contributed by atoms with Crippen molar-refractivity contribution in [2.24, 2.45) is 7.05 Å². The van der Waals surface area contributed by atoms with E-state index in [0.717, 1.165) is 0 Å². The number of aromatic nitrogens is 2. The molecule has 0 fully saturated rings. The van der Waals surface area contributed by atoms with E-state index in [-0.39, 0.29) is 4.90 Å². The monoisotopic (exact) mass is 242 g/mol. The second-order valence-corrected chi connectivity index (χ2v) is 5.25. The van der Waals surface area contributed by atoms with Crippen LogP contribution in [0.15, 0.2) is 4.90 Å². The van der Waals surface area contributed by atoms with Crippen molar-refractivity contribution in [3.05, 3.63) is 11.4 Å². The van der Waals surface area contributed by atoms with E-state index in [1.54, 1.807) is 20.9 Å². The van der Waals surface area contributed by atoms with Crippen LogP contribution in [0.5, 0.6) is 0 Å². The summed E-state index contributed by atoms with van der Waals surface area (Å²) in [6, 6.07) is 1.06. The molecule has 0 amide bonds. The fourth-order valence-electron chi connectivity index (χ4n) is 1.46. The molecule has 1 unspecified atom stereocenters. The van der Waals surface area contributed by atoms with Gasteiger partial charge in [-0.1, -0.05) is 0 Å². The molecule has 0 aliphatic rings. The van der Waals surface area contributed by atoms with Crippen LogP contribution in [0.1, 0.15) is 18.3 Å². The molecule has 0 radical (unpaired) electrons. The first-order valence-corrected chi connectivity index (χ1v) is 6.20. The summed E-state index contributed by atoms with van der Waals surface area (Å²) in [5.74, 6) is 0. The average molecular weight is 242 g/mol. The summed E-state index contributed by atoms with van der Waals surface area (Å²) in [4.78, 5) is 0.150. The summed E-state index contributed by atoms with van der Waals surface area (Å²) >= 11 is 0. The van der Waals surface area contributed by atoms with Gasteiger partial charge in [0.25, 0.3) is 0 Å². The molecule has 0 aromatic carbocycles. The van der Waals surface area contributed by atoms with Gasteiger partial charge in [0.15, 0.2) is 0 Å². The molecule has 0 saturated carbocycles. The maximum absolute atomic E-state index is 11.9. The smallest absolute Gasteiger partial charge is 0.245 e. The molecule has 1 atom stereocenters. The Balaban J connectivity index is 3.24. The van der Waals surface area contributed by atoms with E-state index in [2.05, 4.69) is 9.82 Å². The lowest BCUT2D eigenvalue weighted by Crippen LogP contribution is -2.32. The van der Waals surface area contributed by atoms with Crippen molar-refractivity contribution < 1.29 is 8.42 Å². The molecular formula is C9H14N4O2S. The van der Waals surface area contributed by atoms with Crippen LogP contribution < -0.4 is 4.72 Å². The van der Waals surface area contributed by atoms with Crippen molar-refractivity contribution in [3.8, 4) is 6.07 Å². The van der Waals surface area contributed by atoms with Gasteiger partial charge >= 0.3 is 0 Å². The first-order chi connectivity index (χ1) is 7.29. The van der Waals surface area contributed by atoms with E-state index < -0.39 is 16.1 Å². The zero-order valence-electron chi connectivity index (χ0n) is 9.64. The molecule has 1 N–H and O–H groups in total. The molecule has 0 aliphatic heterocycles. The van der Waals surface area contributed by atoms with Gasteiger partial charge in [0.2, 0.25) is 10.0 Å². The molecule has 88 valence electrons. The van der Waals surface area contributed by atoms with Crippen LogP contribution in [0.3, 0.4) is 0 Å². The summed E-state index contributed by atoms with van der Waals surface area (Å²) in [6.45, 7) is 4.78. The Morgan fingerprint density at radius 2 is 2.06 bits per heavy atom. The standard InChI is InChI=1S/C9H14N4O2S/c1-6(5-10)12-16(14,15)9-7(2)11-13(4)8(9)3/h6,12H,1-4H3. The summed E-state index contributed by atoms with van der Waals surface area (Å²) < 4.78 is 27.7. The molecule has 1 aromatic rings. The minimum absolute atomic E-state index is 0.150. The predicted octanol–water partition coefficient (Wildman–Crippen LogP) is 0.227. The number of aryl methyl sites for hydroxylation is 2. The molecule has 0 spiro atoms. The Labute approximate surface area is 94.9 Å². The molecule has 0 saturated heterocycles. The SMILES string of the molecule is Cc1nn(C)c(C)c1S(=O)(=O)NC(C)C#N. The van der Waals surface area contributed by atoms with Crippen LogP contribution in [0.25, 0.3) is 0 Å². The van der Waals surface area contributed by atoms with Gasteiger partial charge in [-0.25, -0.2) is 8.42 Å². The second kappa shape index (κ2) is 4.23. The molecule has 1 rings (SSSR count). The molecular weight excluding hydrogens is 228 g/mol. The molecule has 16 heavy (non-hydrogen) atoms. The normalized spacial score (nSPS) is 13.4. The Bertz CT molecular complexity index is 539. The topological polar surface area (TPSA) is 87.8 Å². The Morgan fingerprint density at radius 1 is 1.50 bits per heavy atom. The van der Waals surface area contributed by atoms with Gasteiger partial charge in [-0.15, -0.1) is 0 Å². The molecule has 1 aromatic heterocycles. The molecule has 0 bridgehead atoms. The van der Waals surface area contributed by atoms with Crippen LogP contribution in [0.2, 0.25) is 0 Å². The first-order valence-electron chi connectivity index (χ1n) is 4.71. The largest absolute Gasteiger partial charge is 0.271 e. The van der Waals surface area contributed by atoms with E-state index in [1.807, 2.05) is 6.07 Å². The van der Waals surface area contributed by atoms with Crippen molar-refractivity contribution in [3.63, 3.8) is 0 Å². The molecule has 1 heterocycles. The molecule has 7 heteroatoms. The highest BCUT2D eigenvalue weighted by Gasteiger charge is 2.25. The lowest BCUT2D eigenvalue weighted by molar-refractivity contribution is 0.575. The molecule has 0 aliphatic carbocycles. The summed E-state index contributed by atoms with van der Waals surface area (Å²) in [5, 5.41) is 12.6. The summed E-state index contributed by atoms with van der Waals surface area (Å²) in [5.41, 5.74) is 0.979. The average Bonchev–Trinajstić information content (AvgIpc) is 2.40. The number of hydrogen-bond donors (Lipinski definition) is 1. The number of hydrogen-bond acceptors (Lipinski definition) is 4. The maximum Gasteiger partial charge on any atom is 0.245 e. The summed E-state index contributed by atoms with van der Waals surface area (Å²) in [6.07, 6.45) is 0. The van der Waals surface area contributed by atoms with Gasteiger partial charge in [0.05, 0.1) is 17.5 Å². The maximum atomic E-state index is 11.9. The van der Waals surface area contributed by atoms with Crippen LogP contribution in [0, 0.1) is 25.2 Å². The quantitative estimate of drug-likeness (QED) is 0.821. The summed E-state index contributed by atoms with van der Waals surface area (Å²) in [7, 11) is -1.99. The third kappa shape index (κ3) is 2.23. The third-order valence-electron chi connectivity index (χ3n) is 2.24. The Morgan fingerprint density at radius 3 is 2.44 bits per heavy atom. The van der Waals surface area contributed by atoms with Gasteiger partial charge < -0.3 is 0 Å². The Hall–Kier alpha value is -1.39. The van der Waals surface area contributed by atoms with E-state index in [0.29, 0.717) is 11.4 Å². The number of nitrogens with one attached hydrogen (secondary N) is 1. The fraction of sp³-hybridized carbons (Fsp3) is 0.556. The number of nitrogens with zero attached hydrogens (tertiary/aromatic N) is 3. The number of nitriles is 1. The second-order valence-electron chi connectivity index (χ2n) is 3.60. The highest BCUT2D eigenvalue weighted by Crippen LogP contribution is 2.18. The van der Waals surface area contributed by atoms with Crippen molar-refractivity contribution in [1.82, 2.24) is 14.5 Å². The molecule has 6 nitrogen and oxygen atoms in total. The minimum atomic E-state index is -3.67. The number of rotatable bonds is 3. The minimum Gasteiger partial charge on any atom is -0.271 e. The fourth-order valence-corrected chi connectivity index (χ4v) is 3.05. The van der Waals surface area contributed by atoms with Crippen LogP contribution in [0.4, 0.5) is 0 Å². The highest BCUT2D eigenvalue weighted by molar-refractivity contribution is 7.89. The lowest BCUT2D eigenvalue weighted by Gasteiger charge is -2.07. The van der Waals surface area contributed by atoms with E-state index in [9.17, 15) is 8.42 Å². The van der Waals surface area contributed by atoms with Crippen molar-refractivity contribution in [2.45, 2.75) is 31.7 Å². The highest BCUT2D eigenvalue weighted by atomic mass is 32.2. The zero-order chi connectivity index (χ0) is 12.5. The van der Waals surface area contributed by atoms with Gasteiger partial charge in [-0.2, -0.15) is 15.1 Å². The lowest BCUT2D eigenvalue weighted by atomic mass is 10.4.